The Balaban J connectivity index is 1.57. The van der Waals surface area contributed by atoms with E-state index in [0.717, 1.165) is 24.2 Å². The SMILES string of the molecule is Cc1ccc(S(=O)(=O)NCC2CN(Cc3ccccc3)CCO2)cc1C. The molecule has 1 N–H and O–H groups in total. The first kappa shape index (κ1) is 19.0. The molecule has 0 amide bonds. The zero-order chi connectivity index (χ0) is 18.6. The Morgan fingerprint density at radius 1 is 1.12 bits per heavy atom. The second kappa shape index (κ2) is 8.31. The van der Waals surface area contributed by atoms with E-state index in [1.54, 1.807) is 12.1 Å². The lowest BCUT2D eigenvalue weighted by Crippen LogP contribution is -2.47. The predicted octanol–water partition coefficient (Wildman–Crippen LogP) is 2.48. The van der Waals surface area contributed by atoms with Gasteiger partial charge in [-0.3, -0.25) is 4.90 Å². The molecule has 140 valence electrons. The van der Waals surface area contributed by atoms with Crippen molar-refractivity contribution in [3.8, 4) is 0 Å². The molecule has 0 bridgehead atoms. The number of hydrogen-bond acceptors (Lipinski definition) is 4. The molecule has 1 unspecified atom stereocenters. The molecular formula is C20H26N2O3S. The van der Waals surface area contributed by atoms with Gasteiger partial charge in [0.2, 0.25) is 10.0 Å². The number of nitrogens with zero attached hydrogens (tertiary/aromatic N) is 1. The van der Waals surface area contributed by atoms with Crippen molar-refractivity contribution in [3.63, 3.8) is 0 Å². The van der Waals surface area contributed by atoms with Crippen molar-refractivity contribution in [3.05, 3.63) is 65.2 Å². The molecule has 2 aromatic carbocycles. The van der Waals surface area contributed by atoms with E-state index in [2.05, 4.69) is 21.8 Å². The number of aryl methyl sites for hydroxylation is 2. The van der Waals surface area contributed by atoms with Crippen molar-refractivity contribution in [2.45, 2.75) is 31.4 Å². The van der Waals surface area contributed by atoms with Gasteiger partial charge in [-0.05, 0) is 42.7 Å². The minimum absolute atomic E-state index is 0.145. The summed E-state index contributed by atoms with van der Waals surface area (Å²) in [5, 5.41) is 0. The number of hydrogen-bond donors (Lipinski definition) is 1. The van der Waals surface area contributed by atoms with Gasteiger partial charge in [-0.25, -0.2) is 13.1 Å². The quantitative estimate of drug-likeness (QED) is 0.844. The maximum absolute atomic E-state index is 12.5. The minimum atomic E-state index is -3.52. The largest absolute Gasteiger partial charge is 0.374 e. The predicted molar refractivity (Wildman–Crippen MR) is 103 cm³/mol. The van der Waals surface area contributed by atoms with Gasteiger partial charge in [0.25, 0.3) is 0 Å². The molecule has 2 aromatic rings. The summed E-state index contributed by atoms with van der Waals surface area (Å²) in [5.41, 5.74) is 3.30. The number of rotatable bonds is 6. The average molecular weight is 375 g/mol. The summed E-state index contributed by atoms with van der Waals surface area (Å²) in [6.45, 7) is 7.20. The molecule has 5 nitrogen and oxygen atoms in total. The number of nitrogens with one attached hydrogen (secondary N) is 1. The van der Waals surface area contributed by atoms with Crippen molar-refractivity contribution in [1.29, 1.82) is 0 Å². The van der Waals surface area contributed by atoms with Gasteiger partial charge in [0, 0.05) is 26.2 Å². The van der Waals surface area contributed by atoms with Crippen LogP contribution in [-0.2, 0) is 21.3 Å². The first-order chi connectivity index (χ1) is 12.4. The number of benzene rings is 2. The molecule has 26 heavy (non-hydrogen) atoms. The molecule has 1 aliphatic rings. The van der Waals surface area contributed by atoms with Crippen molar-refractivity contribution >= 4 is 10.0 Å². The van der Waals surface area contributed by atoms with Crippen LogP contribution in [0.4, 0.5) is 0 Å². The Morgan fingerprint density at radius 2 is 1.88 bits per heavy atom. The third kappa shape index (κ3) is 4.92. The lowest BCUT2D eigenvalue weighted by Gasteiger charge is -2.33. The van der Waals surface area contributed by atoms with E-state index in [1.165, 1.54) is 5.56 Å². The van der Waals surface area contributed by atoms with Gasteiger partial charge >= 0.3 is 0 Å². The summed E-state index contributed by atoms with van der Waals surface area (Å²) in [6, 6.07) is 15.5. The maximum atomic E-state index is 12.5. The molecule has 1 fully saturated rings. The molecule has 6 heteroatoms. The molecule has 0 saturated carbocycles. The summed E-state index contributed by atoms with van der Waals surface area (Å²) < 4.78 is 33.5. The van der Waals surface area contributed by atoms with Crippen LogP contribution >= 0.6 is 0 Å². The van der Waals surface area contributed by atoms with Gasteiger partial charge in [0.15, 0.2) is 0 Å². The summed E-state index contributed by atoms with van der Waals surface area (Å²) in [6.07, 6.45) is -0.145. The van der Waals surface area contributed by atoms with Crippen LogP contribution in [0.2, 0.25) is 0 Å². The highest BCUT2D eigenvalue weighted by Gasteiger charge is 2.23. The standard InChI is InChI=1S/C20H26N2O3S/c1-16-8-9-20(12-17(16)2)26(23,24)21-13-19-15-22(10-11-25-19)14-18-6-4-3-5-7-18/h3-9,12,19,21H,10-11,13-15H2,1-2H3. The fourth-order valence-electron chi connectivity index (χ4n) is 3.06. The monoisotopic (exact) mass is 374 g/mol. The highest BCUT2D eigenvalue weighted by atomic mass is 32.2. The van der Waals surface area contributed by atoms with E-state index >= 15 is 0 Å². The molecule has 0 spiro atoms. The van der Waals surface area contributed by atoms with Crippen LogP contribution in [0, 0.1) is 13.8 Å². The first-order valence-corrected chi connectivity index (χ1v) is 10.4. The van der Waals surface area contributed by atoms with E-state index in [9.17, 15) is 8.42 Å². The van der Waals surface area contributed by atoms with Crippen molar-refractivity contribution in [2.24, 2.45) is 0 Å². The smallest absolute Gasteiger partial charge is 0.240 e. The molecule has 1 saturated heterocycles. The maximum Gasteiger partial charge on any atom is 0.240 e. The molecule has 0 aliphatic carbocycles. The zero-order valence-electron chi connectivity index (χ0n) is 15.3. The number of morpholine rings is 1. The number of sulfonamides is 1. The second-order valence-electron chi connectivity index (χ2n) is 6.81. The fraction of sp³-hybridized carbons (Fsp3) is 0.400. The Morgan fingerprint density at radius 3 is 2.62 bits per heavy atom. The molecule has 3 rings (SSSR count). The molecule has 0 radical (unpaired) electrons. The summed E-state index contributed by atoms with van der Waals surface area (Å²) in [7, 11) is -3.52. The third-order valence-electron chi connectivity index (χ3n) is 4.76. The van der Waals surface area contributed by atoms with Crippen LogP contribution in [0.5, 0.6) is 0 Å². The third-order valence-corrected chi connectivity index (χ3v) is 6.18. The highest BCUT2D eigenvalue weighted by molar-refractivity contribution is 7.89. The normalized spacial score (nSPS) is 18.8. The second-order valence-corrected chi connectivity index (χ2v) is 8.58. The van der Waals surface area contributed by atoms with Gasteiger partial charge in [-0.2, -0.15) is 0 Å². The van der Waals surface area contributed by atoms with Gasteiger partial charge in [0.1, 0.15) is 0 Å². The van der Waals surface area contributed by atoms with Crippen molar-refractivity contribution < 1.29 is 13.2 Å². The van der Waals surface area contributed by atoms with Gasteiger partial charge in [0.05, 0.1) is 17.6 Å². The van der Waals surface area contributed by atoms with E-state index in [-0.39, 0.29) is 12.6 Å². The summed E-state index contributed by atoms with van der Waals surface area (Å²) in [4.78, 5) is 2.60. The molecule has 1 heterocycles. The van der Waals surface area contributed by atoms with E-state index < -0.39 is 10.0 Å². The van der Waals surface area contributed by atoms with Crippen LogP contribution in [-0.4, -0.2) is 45.7 Å². The minimum Gasteiger partial charge on any atom is -0.374 e. The van der Waals surface area contributed by atoms with Crippen LogP contribution in [0.1, 0.15) is 16.7 Å². The summed E-state index contributed by atoms with van der Waals surface area (Å²) >= 11 is 0. The lowest BCUT2D eigenvalue weighted by atomic mass is 10.1. The van der Waals surface area contributed by atoms with Crippen LogP contribution in [0.3, 0.4) is 0 Å². The van der Waals surface area contributed by atoms with Crippen molar-refractivity contribution in [2.75, 3.05) is 26.2 Å². The van der Waals surface area contributed by atoms with Crippen LogP contribution in [0.15, 0.2) is 53.4 Å². The topological polar surface area (TPSA) is 58.6 Å². The molecule has 1 aliphatic heterocycles. The Bertz CT molecular complexity index is 837. The summed E-state index contributed by atoms with van der Waals surface area (Å²) in [5.74, 6) is 0. The van der Waals surface area contributed by atoms with Crippen LogP contribution in [0.25, 0.3) is 0 Å². The van der Waals surface area contributed by atoms with Gasteiger partial charge in [-0.1, -0.05) is 36.4 Å². The Labute approximate surface area is 156 Å². The molecule has 0 aromatic heterocycles. The Kier molecular flexibility index (Phi) is 6.09. The van der Waals surface area contributed by atoms with E-state index in [4.69, 9.17) is 4.74 Å². The molecular weight excluding hydrogens is 348 g/mol. The van der Waals surface area contributed by atoms with E-state index in [1.807, 2.05) is 38.1 Å². The van der Waals surface area contributed by atoms with Gasteiger partial charge < -0.3 is 4.74 Å². The first-order valence-electron chi connectivity index (χ1n) is 8.89. The Hall–Kier alpha value is -1.73. The van der Waals surface area contributed by atoms with Gasteiger partial charge in [-0.15, -0.1) is 0 Å². The molecule has 1 atom stereocenters. The van der Waals surface area contributed by atoms with Crippen LogP contribution < -0.4 is 4.72 Å². The number of ether oxygens (including phenoxy) is 1. The highest BCUT2D eigenvalue weighted by Crippen LogP contribution is 2.15. The fourth-order valence-corrected chi connectivity index (χ4v) is 4.21. The van der Waals surface area contributed by atoms with E-state index in [0.29, 0.717) is 18.0 Å². The average Bonchev–Trinajstić information content (AvgIpc) is 2.63. The van der Waals surface area contributed by atoms with Crippen molar-refractivity contribution in [1.82, 2.24) is 9.62 Å². The lowest BCUT2D eigenvalue weighted by molar-refractivity contribution is -0.0276. The zero-order valence-corrected chi connectivity index (χ0v) is 16.1.